The molecular formula is C22H42O2. The number of aliphatic carboxylic acids is 1. The molecule has 2 nitrogen and oxygen atoms in total. The largest absolute Gasteiger partial charge is 0.478 e. The molecular weight excluding hydrogens is 296 g/mol. The molecule has 0 fully saturated rings. The Morgan fingerprint density at radius 3 is 1.33 bits per heavy atom. The van der Waals surface area contributed by atoms with Gasteiger partial charge in [-0.05, 0) is 19.8 Å². The van der Waals surface area contributed by atoms with Gasteiger partial charge in [-0.15, -0.1) is 0 Å². The summed E-state index contributed by atoms with van der Waals surface area (Å²) in [5.41, 5.74) is 0.482. The lowest BCUT2D eigenvalue weighted by atomic mass is 10.0. The topological polar surface area (TPSA) is 37.3 Å². The van der Waals surface area contributed by atoms with E-state index in [0.29, 0.717) is 5.57 Å². The van der Waals surface area contributed by atoms with Crippen molar-refractivity contribution in [3.05, 3.63) is 11.6 Å². The lowest BCUT2D eigenvalue weighted by Gasteiger charge is -2.03. The van der Waals surface area contributed by atoms with Crippen LogP contribution in [0.15, 0.2) is 11.6 Å². The Bertz CT molecular complexity index is 307. The number of carbonyl (C=O) groups is 1. The van der Waals surface area contributed by atoms with E-state index in [1.165, 1.54) is 96.3 Å². The maximum absolute atomic E-state index is 10.6. The maximum atomic E-state index is 10.6. The molecule has 2 heteroatoms. The molecule has 0 spiro atoms. The van der Waals surface area contributed by atoms with Crippen LogP contribution < -0.4 is 0 Å². The first-order chi connectivity index (χ1) is 11.7. The summed E-state index contributed by atoms with van der Waals surface area (Å²) in [5.74, 6) is -0.786. The van der Waals surface area contributed by atoms with Crippen LogP contribution in [-0.4, -0.2) is 11.1 Å². The molecule has 0 unspecified atom stereocenters. The number of hydrogen-bond donors (Lipinski definition) is 1. The van der Waals surface area contributed by atoms with E-state index < -0.39 is 5.97 Å². The average molecular weight is 339 g/mol. The fourth-order valence-electron chi connectivity index (χ4n) is 3.10. The Hall–Kier alpha value is -0.790. The molecule has 0 heterocycles. The minimum absolute atomic E-state index is 0.482. The number of rotatable bonds is 18. The first-order valence-electron chi connectivity index (χ1n) is 10.6. The molecule has 1 N–H and O–H groups in total. The van der Waals surface area contributed by atoms with E-state index in [2.05, 4.69) is 6.92 Å². The highest BCUT2D eigenvalue weighted by Crippen LogP contribution is 2.14. The predicted molar refractivity (Wildman–Crippen MR) is 106 cm³/mol. The van der Waals surface area contributed by atoms with Crippen LogP contribution in [0.5, 0.6) is 0 Å². The minimum atomic E-state index is -0.786. The minimum Gasteiger partial charge on any atom is -0.478 e. The summed E-state index contributed by atoms with van der Waals surface area (Å²) in [4.78, 5) is 10.6. The van der Waals surface area contributed by atoms with Gasteiger partial charge >= 0.3 is 5.97 Å². The lowest BCUT2D eigenvalue weighted by molar-refractivity contribution is -0.132. The lowest BCUT2D eigenvalue weighted by Crippen LogP contribution is -1.95. The van der Waals surface area contributed by atoms with Crippen LogP contribution in [0.25, 0.3) is 0 Å². The van der Waals surface area contributed by atoms with E-state index in [0.717, 1.165) is 12.8 Å². The van der Waals surface area contributed by atoms with Gasteiger partial charge in [0, 0.05) is 5.57 Å². The van der Waals surface area contributed by atoms with Crippen molar-refractivity contribution < 1.29 is 9.90 Å². The fourth-order valence-corrected chi connectivity index (χ4v) is 3.10. The molecule has 0 rings (SSSR count). The number of carboxylic acid groups (broad SMARTS) is 1. The first-order valence-corrected chi connectivity index (χ1v) is 10.6. The molecule has 0 atom stereocenters. The summed E-state index contributed by atoms with van der Waals surface area (Å²) in [6.45, 7) is 3.95. The molecule has 0 amide bonds. The zero-order chi connectivity index (χ0) is 17.9. The third-order valence-electron chi connectivity index (χ3n) is 4.85. The van der Waals surface area contributed by atoms with Gasteiger partial charge in [0.15, 0.2) is 0 Å². The van der Waals surface area contributed by atoms with Gasteiger partial charge in [0.05, 0.1) is 0 Å². The molecule has 0 aliphatic heterocycles. The fraction of sp³-hybridized carbons (Fsp3) is 0.864. The zero-order valence-electron chi connectivity index (χ0n) is 16.5. The molecule has 0 aromatic carbocycles. The van der Waals surface area contributed by atoms with Gasteiger partial charge in [0.25, 0.3) is 0 Å². The Balaban J connectivity index is 3.10. The molecule has 0 radical (unpaired) electrons. The molecule has 142 valence electrons. The summed E-state index contributed by atoms with van der Waals surface area (Å²) >= 11 is 0. The van der Waals surface area contributed by atoms with Crippen molar-refractivity contribution in [2.45, 2.75) is 123 Å². The third kappa shape index (κ3) is 17.6. The highest BCUT2D eigenvalue weighted by Gasteiger charge is 1.98. The van der Waals surface area contributed by atoms with Gasteiger partial charge in [0.1, 0.15) is 0 Å². The Morgan fingerprint density at radius 2 is 1.00 bits per heavy atom. The van der Waals surface area contributed by atoms with Crippen molar-refractivity contribution in [2.24, 2.45) is 0 Å². The van der Waals surface area contributed by atoms with Crippen LogP contribution in [-0.2, 0) is 4.79 Å². The monoisotopic (exact) mass is 338 g/mol. The van der Waals surface area contributed by atoms with Crippen LogP contribution in [0.2, 0.25) is 0 Å². The van der Waals surface area contributed by atoms with Crippen LogP contribution in [0.3, 0.4) is 0 Å². The summed E-state index contributed by atoms with van der Waals surface area (Å²) < 4.78 is 0. The number of allylic oxidation sites excluding steroid dienone is 1. The van der Waals surface area contributed by atoms with E-state index in [1.807, 2.05) is 6.08 Å². The van der Waals surface area contributed by atoms with Crippen molar-refractivity contribution in [1.29, 1.82) is 0 Å². The summed E-state index contributed by atoms with van der Waals surface area (Å²) in [7, 11) is 0. The van der Waals surface area contributed by atoms with E-state index in [4.69, 9.17) is 5.11 Å². The zero-order valence-corrected chi connectivity index (χ0v) is 16.5. The van der Waals surface area contributed by atoms with Gasteiger partial charge in [-0.25, -0.2) is 4.79 Å². The molecule has 0 aliphatic rings. The molecule has 0 saturated carbocycles. The van der Waals surface area contributed by atoms with E-state index in [1.54, 1.807) is 6.92 Å². The summed E-state index contributed by atoms with van der Waals surface area (Å²) in [6.07, 6.45) is 24.8. The smallest absolute Gasteiger partial charge is 0.330 e. The van der Waals surface area contributed by atoms with E-state index in [-0.39, 0.29) is 0 Å². The number of hydrogen-bond acceptors (Lipinski definition) is 1. The SMILES string of the molecule is CCCCCCCCCCCCCCCCCC/C=C(\C)C(=O)O. The quantitative estimate of drug-likeness (QED) is 0.206. The predicted octanol–water partition coefficient (Wildman–Crippen LogP) is 7.67. The first kappa shape index (κ1) is 23.2. The van der Waals surface area contributed by atoms with Crippen molar-refractivity contribution in [2.75, 3.05) is 0 Å². The van der Waals surface area contributed by atoms with Crippen molar-refractivity contribution in [3.63, 3.8) is 0 Å². The highest BCUT2D eigenvalue weighted by atomic mass is 16.4. The molecule has 0 bridgehead atoms. The van der Waals surface area contributed by atoms with Crippen molar-refractivity contribution in [1.82, 2.24) is 0 Å². The van der Waals surface area contributed by atoms with Gasteiger partial charge in [0.2, 0.25) is 0 Å². The second-order valence-electron chi connectivity index (χ2n) is 7.28. The van der Waals surface area contributed by atoms with Gasteiger partial charge in [-0.1, -0.05) is 109 Å². The Labute approximate surface area is 151 Å². The Morgan fingerprint density at radius 1 is 0.667 bits per heavy atom. The highest BCUT2D eigenvalue weighted by molar-refractivity contribution is 5.85. The summed E-state index contributed by atoms with van der Waals surface area (Å²) in [5, 5.41) is 8.75. The molecule has 0 aliphatic carbocycles. The van der Waals surface area contributed by atoms with Gasteiger partial charge in [-0.3, -0.25) is 0 Å². The normalized spacial score (nSPS) is 11.8. The van der Waals surface area contributed by atoms with E-state index >= 15 is 0 Å². The number of carboxylic acids is 1. The molecule has 0 aromatic heterocycles. The molecule has 24 heavy (non-hydrogen) atoms. The second-order valence-corrected chi connectivity index (χ2v) is 7.28. The van der Waals surface area contributed by atoms with Crippen molar-refractivity contribution in [3.8, 4) is 0 Å². The van der Waals surface area contributed by atoms with Gasteiger partial charge < -0.3 is 5.11 Å². The second kappa shape index (κ2) is 18.5. The van der Waals surface area contributed by atoms with Crippen LogP contribution in [0, 0.1) is 0 Å². The van der Waals surface area contributed by atoms with Crippen molar-refractivity contribution >= 4 is 5.97 Å². The number of unbranched alkanes of at least 4 members (excludes halogenated alkanes) is 16. The Kier molecular flexibility index (Phi) is 17.9. The average Bonchev–Trinajstić information content (AvgIpc) is 2.57. The third-order valence-corrected chi connectivity index (χ3v) is 4.85. The maximum Gasteiger partial charge on any atom is 0.330 e. The summed E-state index contributed by atoms with van der Waals surface area (Å²) in [6, 6.07) is 0. The molecule has 0 saturated heterocycles. The van der Waals surface area contributed by atoms with Crippen LogP contribution >= 0.6 is 0 Å². The molecule has 0 aromatic rings. The standard InChI is InChI=1S/C22H42O2/c1-3-4-5-6-7-8-9-10-11-12-13-14-15-16-17-18-19-20-21(2)22(23)24/h20H,3-19H2,1-2H3,(H,23,24)/b21-20+. The van der Waals surface area contributed by atoms with Crippen LogP contribution in [0.4, 0.5) is 0 Å². The van der Waals surface area contributed by atoms with E-state index in [9.17, 15) is 4.79 Å². The van der Waals surface area contributed by atoms with Crippen LogP contribution in [0.1, 0.15) is 123 Å². The van der Waals surface area contributed by atoms with Gasteiger partial charge in [-0.2, -0.15) is 0 Å².